The van der Waals surface area contributed by atoms with E-state index in [1.54, 1.807) is 12.1 Å². The van der Waals surface area contributed by atoms with Gasteiger partial charge in [-0.2, -0.15) is 0 Å². The SMILES string of the molecule is C=CCOc1cccc2oc(=O)c3ccc4ccccc4c3c12. The Kier molecular flexibility index (Phi) is 3.12. The first kappa shape index (κ1) is 13.6. The van der Waals surface area contributed by atoms with E-state index in [9.17, 15) is 4.79 Å². The molecule has 1 aromatic heterocycles. The fourth-order valence-electron chi connectivity index (χ4n) is 2.98. The molecular formula is C20H14O3. The molecule has 4 rings (SSSR count). The van der Waals surface area contributed by atoms with E-state index in [-0.39, 0.29) is 5.63 Å². The number of hydrogen-bond acceptors (Lipinski definition) is 3. The summed E-state index contributed by atoms with van der Waals surface area (Å²) in [5.41, 5.74) is 0.194. The minimum Gasteiger partial charge on any atom is -0.489 e. The number of fused-ring (bicyclic) bond motifs is 5. The van der Waals surface area contributed by atoms with E-state index in [4.69, 9.17) is 9.15 Å². The molecule has 3 nitrogen and oxygen atoms in total. The van der Waals surface area contributed by atoms with Gasteiger partial charge in [0.25, 0.3) is 0 Å². The number of benzene rings is 3. The van der Waals surface area contributed by atoms with E-state index in [0.29, 0.717) is 23.3 Å². The van der Waals surface area contributed by atoms with Crippen molar-refractivity contribution in [3.63, 3.8) is 0 Å². The van der Waals surface area contributed by atoms with Crippen molar-refractivity contribution in [3.05, 3.63) is 77.7 Å². The topological polar surface area (TPSA) is 39.4 Å². The molecule has 1 heterocycles. The van der Waals surface area contributed by atoms with Crippen LogP contribution < -0.4 is 10.4 Å². The molecule has 0 unspecified atom stereocenters. The maximum Gasteiger partial charge on any atom is 0.344 e. The van der Waals surface area contributed by atoms with Crippen molar-refractivity contribution in [2.75, 3.05) is 6.61 Å². The molecule has 0 N–H and O–H groups in total. The number of rotatable bonds is 3. The first-order valence-electron chi connectivity index (χ1n) is 7.40. The van der Waals surface area contributed by atoms with Gasteiger partial charge < -0.3 is 9.15 Å². The normalized spacial score (nSPS) is 11.1. The van der Waals surface area contributed by atoms with Crippen molar-refractivity contribution in [3.8, 4) is 5.75 Å². The molecule has 0 saturated carbocycles. The van der Waals surface area contributed by atoms with Crippen molar-refractivity contribution in [2.45, 2.75) is 0 Å². The van der Waals surface area contributed by atoms with E-state index in [2.05, 4.69) is 6.58 Å². The van der Waals surface area contributed by atoms with Gasteiger partial charge in [0, 0.05) is 5.39 Å². The first-order valence-corrected chi connectivity index (χ1v) is 7.40. The predicted octanol–water partition coefficient (Wildman–Crippen LogP) is 4.66. The fourth-order valence-corrected chi connectivity index (χ4v) is 2.98. The third kappa shape index (κ3) is 2.09. The van der Waals surface area contributed by atoms with E-state index in [1.165, 1.54) is 0 Å². The van der Waals surface area contributed by atoms with Crippen molar-refractivity contribution < 1.29 is 9.15 Å². The summed E-state index contributed by atoms with van der Waals surface area (Å²) in [7, 11) is 0. The fraction of sp³-hybridized carbons (Fsp3) is 0.0500. The molecule has 0 radical (unpaired) electrons. The van der Waals surface area contributed by atoms with Crippen LogP contribution in [0, 0.1) is 0 Å². The summed E-state index contributed by atoms with van der Waals surface area (Å²) in [6.07, 6.45) is 1.69. The Balaban J connectivity index is 2.27. The van der Waals surface area contributed by atoms with Gasteiger partial charge in [-0.15, -0.1) is 0 Å². The highest BCUT2D eigenvalue weighted by atomic mass is 16.5. The molecule has 3 heteroatoms. The van der Waals surface area contributed by atoms with E-state index in [0.717, 1.165) is 21.5 Å². The smallest absolute Gasteiger partial charge is 0.344 e. The second-order valence-corrected chi connectivity index (χ2v) is 5.33. The number of hydrogen-bond donors (Lipinski definition) is 0. The largest absolute Gasteiger partial charge is 0.489 e. The number of ether oxygens (including phenoxy) is 1. The lowest BCUT2D eigenvalue weighted by atomic mass is 9.99. The summed E-state index contributed by atoms with van der Waals surface area (Å²) in [5.74, 6) is 0.688. The average molecular weight is 302 g/mol. The Morgan fingerprint density at radius 1 is 0.957 bits per heavy atom. The van der Waals surface area contributed by atoms with Gasteiger partial charge in [-0.3, -0.25) is 0 Å². The Hall–Kier alpha value is -3.07. The molecular weight excluding hydrogens is 288 g/mol. The molecule has 4 aromatic rings. The maximum absolute atomic E-state index is 12.3. The van der Waals surface area contributed by atoms with Crippen molar-refractivity contribution in [2.24, 2.45) is 0 Å². The van der Waals surface area contributed by atoms with Crippen LogP contribution in [0.15, 0.2) is 76.5 Å². The molecule has 0 spiro atoms. The average Bonchev–Trinajstić information content (AvgIpc) is 2.59. The summed E-state index contributed by atoms with van der Waals surface area (Å²) in [6, 6.07) is 17.2. The molecule has 0 saturated heterocycles. The molecule has 0 aliphatic carbocycles. The van der Waals surface area contributed by atoms with E-state index in [1.807, 2.05) is 48.5 Å². The minimum atomic E-state index is -0.334. The van der Waals surface area contributed by atoms with Crippen LogP contribution in [0.1, 0.15) is 0 Å². The Bertz CT molecular complexity index is 1110. The van der Waals surface area contributed by atoms with Crippen LogP contribution in [-0.2, 0) is 0 Å². The van der Waals surface area contributed by atoms with E-state index >= 15 is 0 Å². The lowest BCUT2D eigenvalue weighted by Crippen LogP contribution is -2.02. The Morgan fingerprint density at radius 2 is 1.83 bits per heavy atom. The van der Waals surface area contributed by atoms with Gasteiger partial charge in [0.15, 0.2) is 0 Å². The quantitative estimate of drug-likeness (QED) is 0.314. The van der Waals surface area contributed by atoms with Gasteiger partial charge in [-0.05, 0) is 29.0 Å². The predicted molar refractivity (Wildman–Crippen MR) is 93.2 cm³/mol. The summed E-state index contributed by atoms with van der Waals surface area (Å²) >= 11 is 0. The molecule has 0 amide bonds. The lowest BCUT2D eigenvalue weighted by molar-refractivity contribution is 0.367. The molecule has 112 valence electrons. The van der Waals surface area contributed by atoms with Gasteiger partial charge in [0.05, 0.1) is 10.8 Å². The van der Waals surface area contributed by atoms with Gasteiger partial charge >= 0.3 is 5.63 Å². The molecule has 0 aliphatic rings. The van der Waals surface area contributed by atoms with Crippen LogP contribution >= 0.6 is 0 Å². The minimum absolute atomic E-state index is 0.334. The van der Waals surface area contributed by atoms with Crippen LogP contribution in [0.4, 0.5) is 0 Å². The van der Waals surface area contributed by atoms with Crippen LogP contribution in [0.25, 0.3) is 32.5 Å². The monoisotopic (exact) mass is 302 g/mol. The standard InChI is InChI=1S/C20H14O3/c1-2-12-22-16-8-5-9-17-19(16)18-14-7-4-3-6-13(14)10-11-15(18)20(21)23-17/h2-11H,1,12H2. The zero-order valence-corrected chi connectivity index (χ0v) is 12.4. The van der Waals surface area contributed by atoms with Gasteiger partial charge in [-0.25, -0.2) is 4.79 Å². The molecule has 3 aromatic carbocycles. The highest BCUT2D eigenvalue weighted by Crippen LogP contribution is 2.35. The van der Waals surface area contributed by atoms with Gasteiger partial charge in [-0.1, -0.05) is 49.1 Å². The molecule has 0 aliphatic heterocycles. The van der Waals surface area contributed by atoms with Crippen molar-refractivity contribution in [1.29, 1.82) is 0 Å². The molecule has 0 atom stereocenters. The molecule has 0 fully saturated rings. The summed E-state index contributed by atoms with van der Waals surface area (Å²) in [6.45, 7) is 4.08. The van der Waals surface area contributed by atoms with Crippen LogP contribution in [-0.4, -0.2) is 6.61 Å². The molecule has 23 heavy (non-hydrogen) atoms. The van der Waals surface area contributed by atoms with Crippen LogP contribution in [0.2, 0.25) is 0 Å². The second kappa shape index (κ2) is 5.29. The van der Waals surface area contributed by atoms with Crippen molar-refractivity contribution >= 4 is 32.5 Å². The zero-order valence-electron chi connectivity index (χ0n) is 12.4. The Morgan fingerprint density at radius 3 is 2.70 bits per heavy atom. The summed E-state index contributed by atoms with van der Waals surface area (Å²) in [4.78, 5) is 12.3. The third-order valence-electron chi connectivity index (χ3n) is 3.95. The Labute approximate surface area is 132 Å². The maximum atomic E-state index is 12.3. The van der Waals surface area contributed by atoms with Gasteiger partial charge in [0.1, 0.15) is 17.9 Å². The zero-order chi connectivity index (χ0) is 15.8. The second-order valence-electron chi connectivity index (χ2n) is 5.33. The summed E-state index contributed by atoms with van der Waals surface area (Å²) in [5, 5.41) is 4.34. The highest BCUT2D eigenvalue weighted by Gasteiger charge is 2.14. The molecule has 0 bridgehead atoms. The van der Waals surface area contributed by atoms with Crippen LogP contribution in [0.3, 0.4) is 0 Å². The van der Waals surface area contributed by atoms with Crippen LogP contribution in [0.5, 0.6) is 5.75 Å². The van der Waals surface area contributed by atoms with Crippen molar-refractivity contribution in [1.82, 2.24) is 0 Å². The third-order valence-corrected chi connectivity index (χ3v) is 3.95. The highest BCUT2D eigenvalue weighted by molar-refractivity contribution is 6.20. The first-order chi connectivity index (χ1) is 11.3. The lowest BCUT2D eigenvalue weighted by Gasteiger charge is -2.11. The summed E-state index contributed by atoms with van der Waals surface area (Å²) < 4.78 is 11.3. The van der Waals surface area contributed by atoms with E-state index < -0.39 is 0 Å². The van der Waals surface area contributed by atoms with Gasteiger partial charge in [0.2, 0.25) is 0 Å².